The van der Waals surface area contributed by atoms with Gasteiger partial charge in [0.25, 0.3) is 0 Å². The van der Waals surface area contributed by atoms with Gasteiger partial charge in [0.15, 0.2) is 0 Å². The van der Waals surface area contributed by atoms with Crippen LogP contribution in [0.15, 0.2) is 24.3 Å². The van der Waals surface area contributed by atoms with Gasteiger partial charge in [0, 0.05) is 4.83 Å². The van der Waals surface area contributed by atoms with Gasteiger partial charge < -0.3 is 9.47 Å². The maximum absolute atomic E-state index is 11.1. The highest BCUT2D eigenvalue weighted by atomic mass is 79.9. The first-order valence-electron chi connectivity index (χ1n) is 4.58. The minimum Gasteiger partial charge on any atom is -0.492 e. The van der Waals surface area contributed by atoms with Gasteiger partial charge in [0.1, 0.15) is 12.4 Å². The van der Waals surface area contributed by atoms with Crippen molar-refractivity contribution < 1.29 is 14.3 Å². The molecule has 1 unspecified atom stereocenters. The Kier molecular flexibility index (Phi) is 4.62. The number of hydrogen-bond acceptors (Lipinski definition) is 3. The predicted octanol–water partition coefficient (Wildman–Crippen LogP) is 2.64. The summed E-state index contributed by atoms with van der Waals surface area (Å²) in [4.78, 5) is 11.4. The zero-order chi connectivity index (χ0) is 11.3. The summed E-state index contributed by atoms with van der Waals surface area (Å²) in [6.45, 7) is 2.60. The monoisotopic (exact) mass is 272 g/mol. The SMILES string of the molecule is COC(=O)c1ccc(OCC(C)Br)cc1. The molecule has 0 amide bonds. The fourth-order valence-electron chi connectivity index (χ4n) is 1.02. The van der Waals surface area contributed by atoms with Crippen LogP contribution in [0.3, 0.4) is 0 Å². The number of esters is 1. The van der Waals surface area contributed by atoms with Crippen molar-refractivity contribution in [2.24, 2.45) is 0 Å². The Hall–Kier alpha value is -1.03. The number of methoxy groups -OCH3 is 1. The van der Waals surface area contributed by atoms with Crippen molar-refractivity contribution in [3.8, 4) is 5.75 Å². The second-order valence-electron chi connectivity index (χ2n) is 3.11. The van der Waals surface area contributed by atoms with Crippen LogP contribution in [0.2, 0.25) is 0 Å². The Bertz CT molecular complexity index is 319. The van der Waals surface area contributed by atoms with Gasteiger partial charge >= 0.3 is 5.97 Å². The number of benzene rings is 1. The Morgan fingerprint density at radius 2 is 2.00 bits per heavy atom. The maximum Gasteiger partial charge on any atom is 0.337 e. The summed E-state index contributed by atoms with van der Waals surface area (Å²) in [5.74, 6) is 0.407. The third kappa shape index (κ3) is 3.91. The van der Waals surface area contributed by atoms with Gasteiger partial charge in [-0.05, 0) is 31.2 Å². The summed E-state index contributed by atoms with van der Waals surface area (Å²) in [5, 5.41) is 0. The van der Waals surface area contributed by atoms with Crippen LogP contribution < -0.4 is 4.74 Å². The molecule has 0 saturated carbocycles. The van der Waals surface area contributed by atoms with E-state index in [-0.39, 0.29) is 5.97 Å². The van der Waals surface area contributed by atoms with Crippen LogP contribution >= 0.6 is 15.9 Å². The lowest BCUT2D eigenvalue weighted by molar-refractivity contribution is 0.0600. The molecule has 0 radical (unpaired) electrons. The Balaban J connectivity index is 2.60. The smallest absolute Gasteiger partial charge is 0.337 e. The summed E-state index contributed by atoms with van der Waals surface area (Å²) in [6.07, 6.45) is 0. The molecule has 4 heteroatoms. The first-order chi connectivity index (χ1) is 7.13. The van der Waals surface area contributed by atoms with E-state index in [0.717, 1.165) is 5.75 Å². The normalized spacial score (nSPS) is 11.9. The van der Waals surface area contributed by atoms with Crippen molar-refractivity contribution in [2.45, 2.75) is 11.8 Å². The molecule has 0 saturated heterocycles. The molecule has 1 aromatic carbocycles. The molecule has 0 bridgehead atoms. The van der Waals surface area contributed by atoms with Crippen LogP contribution in [0, 0.1) is 0 Å². The molecule has 0 aromatic heterocycles. The van der Waals surface area contributed by atoms with E-state index in [1.54, 1.807) is 24.3 Å². The molecule has 1 aromatic rings. The molecule has 0 spiro atoms. The standard InChI is InChI=1S/C11H13BrO3/c1-8(12)7-15-10-5-3-9(4-6-10)11(13)14-2/h3-6,8H,7H2,1-2H3. The maximum atomic E-state index is 11.1. The van der Waals surface area contributed by atoms with E-state index in [1.807, 2.05) is 6.92 Å². The molecule has 0 aliphatic carbocycles. The number of carbonyl (C=O) groups is 1. The lowest BCUT2D eigenvalue weighted by Crippen LogP contribution is -2.07. The van der Waals surface area contributed by atoms with Gasteiger partial charge in [-0.15, -0.1) is 0 Å². The van der Waals surface area contributed by atoms with Crippen molar-refractivity contribution in [3.63, 3.8) is 0 Å². The molecule has 0 heterocycles. The van der Waals surface area contributed by atoms with E-state index in [1.165, 1.54) is 7.11 Å². The van der Waals surface area contributed by atoms with Gasteiger partial charge in [0.2, 0.25) is 0 Å². The highest BCUT2D eigenvalue weighted by Crippen LogP contribution is 2.13. The van der Waals surface area contributed by atoms with E-state index in [0.29, 0.717) is 17.0 Å². The van der Waals surface area contributed by atoms with Crippen molar-refractivity contribution >= 4 is 21.9 Å². The minimum absolute atomic E-state index is 0.304. The Morgan fingerprint density at radius 3 is 2.47 bits per heavy atom. The average molecular weight is 273 g/mol. The number of alkyl halides is 1. The molecule has 0 aliphatic rings. The van der Waals surface area contributed by atoms with E-state index >= 15 is 0 Å². The molecule has 0 fully saturated rings. The average Bonchev–Trinajstić information content (AvgIpc) is 2.26. The summed E-state index contributed by atoms with van der Waals surface area (Å²) in [6, 6.07) is 6.86. The molecule has 0 aliphatic heterocycles. The van der Waals surface area contributed by atoms with Gasteiger partial charge in [-0.3, -0.25) is 0 Å². The Labute approximate surface area is 97.5 Å². The van der Waals surface area contributed by atoms with Crippen LogP contribution in [-0.2, 0) is 4.74 Å². The molecule has 3 nitrogen and oxygen atoms in total. The number of halogens is 1. The lowest BCUT2D eigenvalue weighted by Gasteiger charge is -2.07. The van der Waals surface area contributed by atoms with Crippen LogP contribution in [0.1, 0.15) is 17.3 Å². The molecular formula is C11H13BrO3. The van der Waals surface area contributed by atoms with Crippen LogP contribution in [0.4, 0.5) is 0 Å². The molecule has 82 valence electrons. The fourth-order valence-corrected chi connectivity index (χ4v) is 1.15. The van der Waals surface area contributed by atoms with Crippen molar-refractivity contribution in [2.75, 3.05) is 13.7 Å². The first kappa shape index (κ1) is 12.0. The van der Waals surface area contributed by atoms with Gasteiger partial charge in [0.05, 0.1) is 12.7 Å². The zero-order valence-electron chi connectivity index (χ0n) is 8.70. The highest BCUT2D eigenvalue weighted by Gasteiger charge is 2.04. The van der Waals surface area contributed by atoms with Gasteiger partial charge in [-0.2, -0.15) is 0 Å². The minimum atomic E-state index is -0.338. The highest BCUT2D eigenvalue weighted by molar-refractivity contribution is 9.09. The van der Waals surface area contributed by atoms with Crippen molar-refractivity contribution in [1.82, 2.24) is 0 Å². The second-order valence-corrected chi connectivity index (χ2v) is 4.67. The summed E-state index contributed by atoms with van der Waals surface area (Å²) in [5.41, 5.74) is 0.525. The Morgan fingerprint density at radius 1 is 1.40 bits per heavy atom. The van der Waals surface area contributed by atoms with Gasteiger partial charge in [-0.25, -0.2) is 4.79 Å². The summed E-state index contributed by atoms with van der Waals surface area (Å²) < 4.78 is 10.0. The van der Waals surface area contributed by atoms with Gasteiger partial charge in [-0.1, -0.05) is 15.9 Å². The van der Waals surface area contributed by atoms with E-state index in [2.05, 4.69) is 20.7 Å². The van der Waals surface area contributed by atoms with E-state index in [9.17, 15) is 4.79 Å². The second kappa shape index (κ2) is 5.75. The molecular weight excluding hydrogens is 260 g/mol. The number of carbonyl (C=O) groups excluding carboxylic acids is 1. The van der Waals surface area contributed by atoms with E-state index < -0.39 is 0 Å². The third-order valence-electron chi connectivity index (χ3n) is 1.76. The summed E-state index contributed by atoms with van der Waals surface area (Å²) in [7, 11) is 1.36. The quantitative estimate of drug-likeness (QED) is 0.625. The first-order valence-corrected chi connectivity index (χ1v) is 5.50. The summed E-state index contributed by atoms with van der Waals surface area (Å²) >= 11 is 3.38. The van der Waals surface area contributed by atoms with Crippen molar-refractivity contribution in [1.29, 1.82) is 0 Å². The predicted molar refractivity (Wildman–Crippen MR) is 61.7 cm³/mol. The molecule has 0 N–H and O–H groups in total. The molecule has 15 heavy (non-hydrogen) atoms. The number of ether oxygens (including phenoxy) is 2. The number of rotatable bonds is 4. The topological polar surface area (TPSA) is 35.5 Å². The zero-order valence-corrected chi connectivity index (χ0v) is 10.3. The third-order valence-corrected chi connectivity index (χ3v) is 2.02. The largest absolute Gasteiger partial charge is 0.492 e. The molecule has 1 atom stereocenters. The van der Waals surface area contributed by atoms with Crippen LogP contribution in [0.5, 0.6) is 5.75 Å². The lowest BCUT2D eigenvalue weighted by atomic mass is 10.2. The van der Waals surface area contributed by atoms with Crippen molar-refractivity contribution in [3.05, 3.63) is 29.8 Å². The van der Waals surface area contributed by atoms with E-state index in [4.69, 9.17) is 4.74 Å². The fraction of sp³-hybridized carbons (Fsp3) is 0.364. The molecule has 1 rings (SSSR count). The van der Waals surface area contributed by atoms with Crippen LogP contribution in [-0.4, -0.2) is 24.5 Å². The van der Waals surface area contributed by atoms with Crippen LogP contribution in [0.25, 0.3) is 0 Å². The number of hydrogen-bond donors (Lipinski definition) is 0.